The zero-order chi connectivity index (χ0) is 22.2. The third kappa shape index (κ3) is 6.50. The van der Waals surface area contributed by atoms with Crippen molar-refractivity contribution in [2.24, 2.45) is 0 Å². The SMILES string of the molecule is CCOc1cc(CNCc2ccc(F)cc2)c(Br)cc1OCc1ccc([N+](=O)[O-])cc1. The lowest BCUT2D eigenvalue weighted by Gasteiger charge is -2.15. The number of non-ortho nitro benzene ring substituents is 1. The molecule has 0 amide bonds. The van der Waals surface area contributed by atoms with Crippen LogP contribution in [0.2, 0.25) is 0 Å². The molecule has 0 unspecified atom stereocenters. The van der Waals surface area contributed by atoms with Crippen LogP contribution in [0.5, 0.6) is 11.5 Å². The minimum atomic E-state index is -0.433. The predicted molar refractivity (Wildman–Crippen MR) is 120 cm³/mol. The first-order chi connectivity index (χ1) is 15.0. The lowest BCUT2D eigenvalue weighted by Crippen LogP contribution is -2.13. The molecule has 0 aliphatic rings. The molecule has 0 radical (unpaired) electrons. The summed E-state index contributed by atoms with van der Waals surface area (Å²) in [5.41, 5.74) is 2.84. The molecule has 0 saturated heterocycles. The van der Waals surface area contributed by atoms with Crippen LogP contribution in [0.1, 0.15) is 23.6 Å². The van der Waals surface area contributed by atoms with Gasteiger partial charge in [0, 0.05) is 29.7 Å². The average molecular weight is 489 g/mol. The van der Waals surface area contributed by atoms with Crippen LogP contribution in [0.15, 0.2) is 65.1 Å². The standard InChI is InChI=1S/C23H22BrFN2O4/c1-2-30-22-11-18(14-26-13-16-3-7-19(25)8-4-16)21(24)12-23(22)31-15-17-5-9-20(10-6-17)27(28)29/h3-12,26H,2,13-15H2,1H3. The average Bonchev–Trinajstić information content (AvgIpc) is 2.76. The van der Waals surface area contributed by atoms with Gasteiger partial charge in [-0.3, -0.25) is 10.1 Å². The highest BCUT2D eigenvalue weighted by Crippen LogP contribution is 2.34. The van der Waals surface area contributed by atoms with Crippen LogP contribution in [-0.2, 0) is 19.7 Å². The second kappa shape index (κ2) is 10.9. The number of ether oxygens (including phenoxy) is 2. The number of nitro benzene ring substituents is 1. The number of benzene rings is 3. The molecule has 0 aliphatic carbocycles. The van der Waals surface area contributed by atoms with Gasteiger partial charge in [0.05, 0.1) is 11.5 Å². The van der Waals surface area contributed by atoms with Crippen LogP contribution >= 0.6 is 15.9 Å². The van der Waals surface area contributed by atoms with Gasteiger partial charge in [0.25, 0.3) is 5.69 Å². The second-order valence-electron chi connectivity index (χ2n) is 6.77. The number of halogens is 2. The zero-order valence-electron chi connectivity index (χ0n) is 16.9. The number of nitro groups is 1. The number of rotatable bonds is 10. The van der Waals surface area contributed by atoms with Crippen LogP contribution in [-0.4, -0.2) is 11.5 Å². The maximum absolute atomic E-state index is 13.0. The first kappa shape index (κ1) is 22.7. The van der Waals surface area contributed by atoms with Gasteiger partial charge in [-0.2, -0.15) is 0 Å². The summed E-state index contributed by atoms with van der Waals surface area (Å²) in [6, 6.07) is 16.4. The van der Waals surface area contributed by atoms with E-state index in [2.05, 4.69) is 21.2 Å². The molecule has 3 aromatic rings. The summed E-state index contributed by atoms with van der Waals surface area (Å²) >= 11 is 3.58. The smallest absolute Gasteiger partial charge is 0.269 e. The highest BCUT2D eigenvalue weighted by Gasteiger charge is 2.12. The Hall–Kier alpha value is -2.97. The van der Waals surface area contributed by atoms with Gasteiger partial charge in [-0.25, -0.2) is 4.39 Å². The van der Waals surface area contributed by atoms with Crippen molar-refractivity contribution in [1.82, 2.24) is 5.32 Å². The molecule has 31 heavy (non-hydrogen) atoms. The molecular weight excluding hydrogens is 467 g/mol. The van der Waals surface area contributed by atoms with Crippen molar-refractivity contribution in [3.63, 3.8) is 0 Å². The minimum Gasteiger partial charge on any atom is -0.490 e. The largest absolute Gasteiger partial charge is 0.490 e. The van der Waals surface area contributed by atoms with Crippen molar-refractivity contribution in [2.45, 2.75) is 26.6 Å². The highest BCUT2D eigenvalue weighted by molar-refractivity contribution is 9.10. The fraction of sp³-hybridized carbons (Fsp3) is 0.217. The fourth-order valence-corrected chi connectivity index (χ4v) is 3.38. The van der Waals surface area contributed by atoms with E-state index < -0.39 is 4.92 Å². The van der Waals surface area contributed by atoms with Gasteiger partial charge in [-0.1, -0.05) is 28.1 Å². The number of nitrogens with one attached hydrogen (secondary N) is 1. The quantitative estimate of drug-likeness (QED) is 0.290. The maximum Gasteiger partial charge on any atom is 0.269 e. The summed E-state index contributed by atoms with van der Waals surface area (Å²) in [7, 11) is 0. The highest BCUT2D eigenvalue weighted by atomic mass is 79.9. The Morgan fingerprint density at radius 2 is 1.61 bits per heavy atom. The predicted octanol–water partition coefficient (Wildman–Crippen LogP) is 5.76. The van der Waals surface area contributed by atoms with Crippen LogP contribution in [0.25, 0.3) is 0 Å². The van der Waals surface area contributed by atoms with Crippen molar-refractivity contribution in [2.75, 3.05) is 6.61 Å². The van der Waals surface area contributed by atoms with Crippen molar-refractivity contribution in [1.29, 1.82) is 0 Å². The first-order valence-corrected chi connectivity index (χ1v) is 10.5. The summed E-state index contributed by atoms with van der Waals surface area (Å²) in [6.45, 7) is 3.83. The minimum absolute atomic E-state index is 0.0407. The summed E-state index contributed by atoms with van der Waals surface area (Å²) in [6.07, 6.45) is 0. The van der Waals surface area contributed by atoms with Crippen molar-refractivity contribution in [3.8, 4) is 11.5 Å². The Morgan fingerprint density at radius 1 is 0.968 bits per heavy atom. The molecule has 162 valence electrons. The van der Waals surface area contributed by atoms with E-state index in [9.17, 15) is 14.5 Å². The van der Waals surface area contributed by atoms with Crippen LogP contribution in [0.4, 0.5) is 10.1 Å². The van der Waals surface area contributed by atoms with E-state index in [1.165, 1.54) is 24.3 Å². The van der Waals surface area contributed by atoms with Crippen LogP contribution in [0, 0.1) is 15.9 Å². The van der Waals surface area contributed by atoms with Crippen molar-refractivity contribution in [3.05, 3.63) is 97.8 Å². The van der Waals surface area contributed by atoms with Crippen LogP contribution in [0.3, 0.4) is 0 Å². The molecule has 0 heterocycles. The first-order valence-electron chi connectivity index (χ1n) is 9.72. The lowest BCUT2D eigenvalue weighted by atomic mass is 10.1. The third-order valence-electron chi connectivity index (χ3n) is 4.51. The van der Waals surface area contributed by atoms with E-state index in [0.29, 0.717) is 31.2 Å². The number of nitrogens with zero attached hydrogens (tertiary/aromatic N) is 1. The van der Waals surface area contributed by atoms with Gasteiger partial charge in [0.1, 0.15) is 12.4 Å². The van der Waals surface area contributed by atoms with Crippen molar-refractivity contribution >= 4 is 21.6 Å². The molecular formula is C23H22BrFN2O4. The maximum atomic E-state index is 13.0. The molecule has 6 nitrogen and oxygen atoms in total. The Balaban J connectivity index is 1.65. The van der Waals surface area contributed by atoms with Crippen molar-refractivity contribution < 1.29 is 18.8 Å². The lowest BCUT2D eigenvalue weighted by molar-refractivity contribution is -0.384. The summed E-state index contributed by atoms with van der Waals surface area (Å²) in [5, 5.41) is 14.1. The van der Waals surface area contributed by atoms with Crippen LogP contribution < -0.4 is 14.8 Å². The molecule has 0 bridgehead atoms. The molecule has 3 rings (SSSR count). The Bertz CT molecular complexity index is 1030. The zero-order valence-corrected chi connectivity index (χ0v) is 18.5. The Labute approximate surface area is 188 Å². The van der Waals surface area contributed by atoms with Gasteiger partial charge in [-0.15, -0.1) is 0 Å². The van der Waals surface area contributed by atoms with Gasteiger partial charge < -0.3 is 14.8 Å². The van der Waals surface area contributed by atoms with E-state index >= 15 is 0 Å². The molecule has 0 atom stereocenters. The van der Waals surface area contributed by atoms with E-state index in [0.717, 1.165) is 21.2 Å². The van der Waals surface area contributed by atoms with E-state index in [4.69, 9.17) is 9.47 Å². The molecule has 1 N–H and O–H groups in total. The topological polar surface area (TPSA) is 73.6 Å². The molecule has 0 spiro atoms. The Morgan fingerprint density at radius 3 is 2.26 bits per heavy atom. The third-order valence-corrected chi connectivity index (χ3v) is 5.25. The molecule has 3 aromatic carbocycles. The normalized spacial score (nSPS) is 10.7. The molecule has 8 heteroatoms. The molecule has 0 fully saturated rings. The number of hydrogen-bond acceptors (Lipinski definition) is 5. The van der Waals surface area contributed by atoms with Gasteiger partial charge in [-0.05, 0) is 60.0 Å². The van der Waals surface area contributed by atoms with Gasteiger partial charge in [0.15, 0.2) is 11.5 Å². The molecule has 0 saturated carbocycles. The molecule has 0 aliphatic heterocycles. The summed E-state index contributed by atoms with van der Waals surface area (Å²) < 4.78 is 25.5. The summed E-state index contributed by atoms with van der Waals surface area (Å²) in [4.78, 5) is 10.3. The molecule has 0 aromatic heterocycles. The monoisotopic (exact) mass is 488 g/mol. The van der Waals surface area contributed by atoms with Gasteiger partial charge >= 0.3 is 0 Å². The van der Waals surface area contributed by atoms with E-state index in [1.807, 2.05) is 19.1 Å². The fourth-order valence-electron chi connectivity index (χ4n) is 2.91. The number of hydrogen-bond donors (Lipinski definition) is 1. The van der Waals surface area contributed by atoms with E-state index in [1.54, 1.807) is 24.3 Å². The van der Waals surface area contributed by atoms with Gasteiger partial charge in [0.2, 0.25) is 0 Å². The second-order valence-corrected chi connectivity index (χ2v) is 7.62. The summed E-state index contributed by atoms with van der Waals surface area (Å²) in [5.74, 6) is 0.942. The Kier molecular flexibility index (Phi) is 7.97. The van der Waals surface area contributed by atoms with E-state index in [-0.39, 0.29) is 18.1 Å².